The summed E-state index contributed by atoms with van der Waals surface area (Å²) in [4.78, 5) is 28.3. The minimum atomic E-state index is -0.892. The van der Waals surface area contributed by atoms with E-state index < -0.39 is 17.8 Å². The molecule has 25 heavy (non-hydrogen) atoms. The van der Waals surface area contributed by atoms with Crippen LogP contribution < -0.4 is 5.32 Å². The number of hydrogen-bond donors (Lipinski definition) is 2. The van der Waals surface area contributed by atoms with Gasteiger partial charge in [0.15, 0.2) is 4.34 Å². The number of aliphatic carboxylic acids is 1. The van der Waals surface area contributed by atoms with Crippen LogP contribution >= 0.6 is 23.1 Å². The van der Waals surface area contributed by atoms with E-state index in [1.54, 1.807) is 6.07 Å². The molecular formula is C17H17N3O3S2. The van der Waals surface area contributed by atoms with Gasteiger partial charge in [0.2, 0.25) is 5.91 Å². The van der Waals surface area contributed by atoms with Crippen molar-refractivity contribution in [3.8, 4) is 6.07 Å². The van der Waals surface area contributed by atoms with E-state index in [0.717, 1.165) is 27.4 Å². The number of aromatic nitrogens is 1. The third-order valence-corrected chi connectivity index (χ3v) is 6.34. The van der Waals surface area contributed by atoms with Crippen LogP contribution in [0.3, 0.4) is 0 Å². The van der Waals surface area contributed by atoms with Crippen molar-refractivity contribution >= 4 is 50.9 Å². The predicted octanol–water partition coefficient (Wildman–Crippen LogP) is 3.74. The predicted molar refractivity (Wildman–Crippen MR) is 97.7 cm³/mol. The molecule has 2 aromatic rings. The molecule has 8 heteroatoms. The Bertz CT molecular complexity index is 843. The van der Waals surface area contributed by atoms with E-state index in [4.69, 9.17) is 5.26 Å². The number of carboxylic acids is 1. The zero-order valence-electron chi connectivity index (χ0n) is 13.4. The largest absolute Gasteiger partial charge is 0.481 e. The Hall–Kier alpha value is -2.11. The Kier molecular flexibility index (Phi) is 5.56. The second-order valence-electron chi connectivity index (χ2n) is 5.93. The zero-order valence-corrected chi connectivity index (χ0v) is 15.0. The third kappa shape index (κ3) is 4.11. The molecule has 0 aliphatic heterocycles. The molecule has 1 aromatic heterocycles. The average molecular weight is 375 g/mol. The van der Waals surface area contributed by atoms with Gasteiger partial charge in [-0.05, 0) is 31.0 Å². The fourth-order valence-electron chi connectivity index (χ4n) is 3.11. The number of amides is 1. The van der Waals surface area contributed by atoms with Crippen molar-refractivity contribution in [3.05, 3.63) is 18.2 Å². The van der Waals surface area contributed by atoms with Crippen molar-refractivity contribution in [1.82, 2.24) is 4.98 Å². The lowest BCUT2D eigenvalue weighted by molar-refractivity contribution is -0.147. The number of nitriles is 1. The normalized spacial score (nSPS) is 20.1. The van der Waals surface area contributed by atoms with Crippen molar-refractivity contribution in [2.45, 2.75) is 30.0 Å². The highest BCUT2D eigenvalue weighted by Crippen LogP contribution is 2.33. The summed E-state index contributed by atoms with van der Waals surface area (Å²) in [6.45, 7) is 0. The molecule has 0 unspecified atom stereocenters. The van der Waals surface area contributed by atoms with Crippen molar-refractivity contribution in [2.75, 3.05) is 11.1 Å². The lowest BCUT2D eigenvalue weighted by Crippen LogP contribution is -2.36. The number of fused-ring (bicyclic) bond motifs is 1. The number of anilines is 1. The van der Waals surface area contributed by atoms with Crippen LogP contribution in [-0.2, 0) is 9.59 Å². The number of hydrogen-bond acceptors (Lipinski definition) is 6. The molecule has 1 aliphatic rings. The van der Waals surface area contributed by atoms with Crippen LogP contribution in [0, 0.1) is 23.2 Å². The summed E-state index contributed by atoms with van der Waals surface area (Å²) in [5, 5.41) is 20.8. The van der Waals surface area contributed by atoms with Gasteiger partial charge in [-0.3, -0.25) is 9.59 Å². The zero-order chi connectivity index (χ0) is 17.8. The fraction of sp³-hybridized carbons (Fsp3) is 0.412. The Morgan fingerprint density at radius 3 is 2.84 bits per heavy atom. The minimum absolute atomic E-state index is 0.227. The van der Waals surface area contributed by atoms with Gasteiger partial charge >= 0.3 is 5.97 Å². The molecule has 0 saturated heterocycles. The van der Waals surface area contributed by atoms with E-state index in [-0.39, 0.29) is 5.91 Å². The van der Waals surface area contributed by atoms with Crippen LogP contribution in [0.1, 0.15) is 25.7 Å². The van der Waals surface area contributed by atoms with Gasteiger partial charge in [-0.25, -0.2) is 4.98 Å². The molecule has 0 spiro atoms. The van der Waals surface area contributed by atoms with E-state index in [9.17, 15) is 14.7 Å². The van der Waals surface area contributed by atoms with Gasteiger partial charge in [-0.2, -0.15) is 5.26 Å². The number of carboxylic acid groups (broad SMARTS) is 1. The van der Waals surface area contributed by atoms with Crippen LogP contribution in [0.15, 0.2) is 22.5 Å². The maximum atomic E-state index is 12.5. The molecular weight excluding hydrogens is 358 g/mol. The minimum Gasteiger partial charge on any atom is -0.481 e. The molecule has 3 rings (SSSR count). The first-order valence-electron chi connectivity index (χ1n) is 8.02. The molecule has 0 radical (unpaired) electrons. The molecule has 2 N–H and O–H groups in total. The molecule has 1 fully saturated rings. The van der Waals surface area contributed by atoms with Gasteiger partial charge in [0.05, 0.1) is 33.9 Å². The summed E-state index contributed by atoms with van der Waals surface area (Å²) < 4.78 is 1.75. The maximum Gasteiger partial charge on any atom is 0.307 e. The Labute approximate surface area is 153 Å². The van der Waals surface area contributed by atoms with Gasteiger partial charge in [0.1, 0.15) is 0 Å². The van der Waals surface area contributed by atoms with Crippen molar-refractivity contribution in [1.29, 1.82) is 5.26 Å². The van der Waals surface area contributed by atoms with Gasteiger partial charge in [0.25, 0.3) is 0 Å². The van der Waals surface area contributed by atoms with Gasteiger partial charge in [-0.15, -0.1) is 11.3 Å². The van der Waals surface area contributed by atoms with Crippen LogP contribution in [0.5, 0.6) is 0 Å². The van der Waals surface area contributed by atoms with E-state index in [1.165, 1.54) is 23.1 Å². The molecule has 1 saturated carbocycles. The summed E-state index contributed by atoms with van der Waals surface area (Å²) in [7, 11) is 0. The summed E-state index contributed by atoms with van der Waals surface area (Å²) in [6.07, 6.45) is 2.91. The average Bonchev–Trinajstić information content (AvgIpc) is 3.02. The molecule has 1 aliphatic carbocycles. The van der Waals surface area contributed by atoms with Crippen LogP contribution in [0.2, 0.25) is 0 Å². The summed E-state index contributed by atoms with van der Waals surface area (Å²) in [5.74, 6) is -1.85. The summed E-state index contributed by atoms with van der Waals surface area (Å²) in [6, 6.07) is 7.52. The van der Waals surface area contributed by atoms with E-state index >= 15 is 0 Å². The first-order chi connectivity index (χ1) is 12.1. The van der Waals surface area contributed by atoms with Crippen molar-refractivity contribution in [3.63, 3.8) is 0 Å². The molecule has 1 heterocycles. The lowest BCUT2D eigenvalue weighted by atomic mass is 9.78. The summed E-state index contributed by atoms with van der Waals surface area (Å²) >= 11 is 2.86. The SMILES string of the molecule is N#CCSc1nc2ccc(NC(=O)[C@@H]3CCCC[C@H]3C(=O)O)cc2s1. The second kappa shape index (κ2) is 7.85. The number of carbonyl (C=O) groups excluding carboxylic acids is 1. The molecule has 1 amide bonds. The highest BCUT2D eigenvalue weighted by atomic mass is 32.2. The number of thiazole rings is 1. The van der Waals surface area contributed by atoms with Gasteiger partial charge in [0, 0.05) is 5.69 Å². The third-order valence-electron chi connectivity index (χ3n) is 4.32. The van der Waals surface area contributed by atoms with Crippen LogP contribution in [-0.4, -0.2) is 27.7 Å². The van der Waals surface area contributed by atoms with Gasteiger partial charge in [-0.1, -0.05) is 24.6 Å². The number of nitrogens with one attached hydrogen (secondary N) is 1. The van der Waals surface area contributed by atoms with Crippen molar-refractivity contribution in [2.24, 2.45) is 11.8 Å². The Morgan fingerprint density at radius 1 is 1.36 bits per heavy atom. The highest BCUT2D eigenvalue weighted by molar-refractivity contribution is 8.01. The fourth-order valence-corrected chi connectivity index (χ4v) is 4.88. The number of nitrogens with zero attached hydrogens (tertiary/aromatic N) is 2. The first-order valence-corrected chi connectivity index (χ1v) is 9.82. The number of rotatable bonds is 5. The Balaban J connectivity index is 1.74. The molecule has 0 bridgehead atoms. The molecule has 1 aromatic carbocycles. The number of thioether (sulfide) groups is 1. The highest BCUT2D eigenvalue weighted by Gasteiger charge is 2.35. The second-order valence-corrected chi connectivity index (χ2v) is 8.19. The molecule has 6 nitrogen and oxygen atoms in total. The maximum absolute atomic E-state index is 12.5. The monoisotopic (exact) mass is 375 g/mol. The van der Waals surface area contributed by atoms with Crippen LogP contribution in [0.4, 0.5) is 5.69 Å². The number of benzene rings is 1. The van der Waals surface area contributed by atoms with Crippen LogP contribution in [0.25, 0.3) is 10.2 Å². The Morgan fingerprint density at radius 2 is 2.12 bits per heavy atom. The molecule has 2 atom stereocenters. The quantitative estimate of drug-likeness (QED) is 0.772. The van der Waals surface area contributed by atoms with E-state index in [1.807, 2.05) is 12.1 Å². The van der Waals surface area contributed by atoms with Crippen molar-refractivity contribution < 1.29 is 14.7 Å². The number of carbonyl (C=O) groups is 2. The van der Waals surface area contributed by atoms with E-state index in [2.05, 4.69) is 16.4 Å². The smallest absolute Gasteiger partial charge is 0.307 e. The molecule has 130 valence electrons. The van der Waals surface area contributed by atoms with E-state index in [0.29, 0.717) is 24.3 Å². The summed E-state index contributed by atoms with van der Waals surface area (Å²) in [5.41, 5.74) is 1.47. The first kappa shape index (κ1) is 17.7. The lowest BCUT2D eigenvalue weighted by Gasteiger charge is -2.27. The van der Waals surface area contributed by atoms with Gasteiger partial charge < -0.3 is 10.4 Å². The topological polar surface area (TPSA) is 103 Å². The standard InChI is InChI=1S/C17H17N3O3S2/c18-7-8-24-17-20-13-6-5-10(9-14(13)25-17)19-15(21)11-3-1-2-4-12(11)16(22)23/h5-6,9,11-12H,1-4,8H2,(H,19,21)(H,22,23)/t11-,12-/m1/s1.